The van der Waals surface area contributed by atoms with Crippen molar-refractivity contribution >= 4 is 16.6 Å². The van der Waals surface area contributed by atoms with Crippen LogP contribution in [0.2, 0.25) is 0 Å². The van der Waals surface area contributed by atoms with Crippen molar-refractivity contribution in [3.63, 3.8) is 0 Å². The van der Waals surface area contributed by atoms with Crippen LogP contribution in [0.15, 0.2) is 49.1 Å². The zero-order chi connectivity index (χ0) is 12.0. The van der Waals surface area contributed by atoms with Crippen LogP contribution in [0, 0.1) is 0 Å². The molecule has 0 spiro atoms. The number of aliphatic hydroxyl groups is 1. The van der Waals surface area contributed by atoms with E-state index in [0.29, 0.717) is 11.1 Å². The van der Waals surface area contributed by atoms with Crippen LogP contribution in [-0.2, 0) is 5.60 Å². The second kappa shape index (κ2) is 3.28. The summed E-state index contributed by atoms with van der Waals surface area (Å²) in [6.45, 7) is 3.62. The van der Waals surface area contributed by atoms with Crippen molar-refractivity contribution in [3.05, 3.63) is 60.2 Å². The number of benzene rings is 2. The summed E-state index contributed by atoms with van der Waals surface area (Å²) < 4.78 is 0. The van der Waals surface area contributed by atoms with Gasteiger partial charge in [0.1, 0.15) is 0 Å². The highest BCUT2D eigenvalue weighted by atomic mass is 16.3. The Bertz CT molecular complexity index is 637. The fourth-order valence-corrected chi connectivity index (χ4v) is 2.63. The van der Waals surface area contributed by atoms with Crippen LogP contribution in [0.3, 0.4) is 0 Å². The second-order valence-corrected chi connectivity index (χ2v) is 4.39. The minimum absolute atomic E-state index is 0.218. The van der Waals surface area contributed by atoms with E-state index in [1.165, 1.54) is 0 Å². The molecule has 1 N–H and O–H groups in total. The first-order valence-corrected chi connectivity index (χ1v) is 5.59. The SMILES string of the molecule is C=CCC1(O)C(=O)c2cccc3cccc1c23. The molecule has 2 nitrogen and oxygen atoms in total. The average Bonchev–Trinajstić information content (AvgIpc) is 2.55. The molecule has 0 amide bonds. The first kappa shape index (κ1) is 10.2. The Kier molecular flexibility index (Phi) is 1.98. The van der Waals surface area contributed by atoms with E-state index in [4.69, 9.17) is 0 Å². The second-order valence-electron chi connectivity index (χ2n) is 4.39. The third-order valence-corrected chi connectivity index (χ3v) is 3.41. The van der Waals surface area contributed by atoms with Crippen LogP contribution >= 0.6 is 0 Å². The molecule has 84 valence electrons. The first-order valence-electron chi connectivity index (χ1n) is 5.59. The maximum absolute atomic E-state index is 12.3. The molecule has 0 saturated heterocycles. The molecule has 0 heterocycles. The Morgan fingerprint density at radius 2 is 1.94 bits per heavy atom. The highest BCUT2D eigenvalue weighted by molar-refractivity contribution is 6.19. The number of ketones is 1. The van der Waals surface area contributed by atoms with Gasteiger partial charge in [-0.3, -0.25) is 4.79 Å². The topological polar surface area (TPSA) is 37.3 Å². The summed E-state index contributed by atoms with van der Waals surface area (Å²) in [5.74, 6) is -0.218. The van der Waals surface area contributed by atoms with Crippen LogP contribution in [-0.4, -0.2) is 10.9 Å². The standard InChI is InChI=1S/C15H12O2/c1-2-9-15(17)12-8-4-6-10-5-3-7-11(13(10)12)14(15)16/h2-8,17H,1,9H2. The molecule has 2 aromatic rings. The molecule has 2 aromatic carbocycles. The van der Waals surface area contributed by atoms with Gasteiger partial charge in [0.15, 0.2) is 11.4 Å². The molecule has 0 bridgehead atoms. The van der Waals surface area contributed by atoms with Crippen LogP contribution in [0.5, 0.6) is 0 Å². The predicted molar refractivity (Wildman–Crippen MR) is 67.0 cm³/mol. The monoisotopic (exact) mass is 224 g/mol. The summed E-state index contributed by atoms with van der Waals surface area (Å²) >= 11 is 0. The van der Waals surface area contributed by atoms with Gasteiger partial charge in [0.2, 0.25) is 0 Å². The summed E-state index contributed by atoms with van der Waals surface area (Å²) in [7, 11) is 0. The van der Waals surface area contributed by atoms with Crippen molar-refractivity contribution in [1.82, 2.24) is 0 Å². The zero-order valence-corrected chi connectivity index (χ0v) is 9.31. The molecule has 1 aliphatic rings. The molecular weight excluding hydrogens is 212 g/mol. The van der Waals surface area contributed by atoms with Gasteiger partial charge < -0.3 is 5.11 Å². The average molecular weight is 224 g/mol. The minimum atomic E-state index is -1.43. The molecule has 0 aliphatic heterocycles. The summed E-state index contributed by atoms with van der Waals surface area (Å²) in [4.78, 5) is 12.3. The van der Waals surface area contributed by atoms with Crippen LogP contribution in [0.1, 0.15) is 22.3 Å². The smallest absolute Gasteiger partial charge is 0.199 e. The zero-order valence-electron chi connectivity index (χ0n) is 9.31. The summed E-state index contributed by atoms with van der Waals surface area (Å²) in [6.07, 6.45) is 1.84. The third kappa shape index (κ3) is 1.16. The number of Topliss-reactive ketones (excluding diaryl/α,β-unsaturated/α-hetero) is 1. The highest BCUT2D eigenvalue weighted by Crippen LogP contribution is 2.42. The third-order valence-electron chi connectivity index (χ3n) is 3.41. The van der Waals surface area contributed by atoms with Crippen molar-refractivity contribution in [1.29, 1.82) is 0 Å². The van der Waals surface area contributed by atoms with Crippen molar-refractivity contribution in [2.45, 2.75) is 12.0 Å². The Labute approximate surface area is 99.2 Å². The van der Waals surface area contributed by atoms with Crippen LogP contribution in [0.25, 0.3) is 10.8 Å². The number of carbonyl (C=O) groups is 1. The largest absolute Gasteiger partial charge is 0.377 e. The van der Waals surface area contributed by atoms with Gasteiger partial charge in [0.05, 0.1) is 0 Å². The lowest BCUT2D eigenvalue weighted by Gasteiger charge is -2.20. The Morgan fingerprint density at radius 1 is 1.24 bits per heavy atom. The van der Waals surface area contributed by atoms with E-state index in [1.807, 2.05) is 30.3 Å². The van der Waals surface area contributed by atoms with E-state index in [-0.39, 0.29) is 12.2 Å². The normalized spacial score (nSPS) is 22.1. The van der Waals surface area contributed by atoms with E-state index in [1.54, 1.807) is 12.1 Å². The van der Waals surface area contributed by atoms with Gasteiger partial charge in [-0.2, -0.15) is 0 Å². The number of hydrogen-bond donors (Lipinski definition) is 1. The number of rotatable bonds is 2. The van der Waals surface area contributed by atoms with Gasteiger partial charge >= 0.3 is 0 Å². The van der Waals surface area contributed by atoms with E-state index >= 15 is 0 Å². The van der Waals surface area contributed by atoms with Gasteiger partial charge in [-0.15, -0.1) is 6.58 Å². The van der Waals surface area contributed by atoms with Crippen molar-refractivity contribution in [3.8, 4) is 0 Å². The summed E-state index contributed by atoms with van der Waals surface area (Å²) in [5.41, 5.74) is -0.108. The molecule has 3 rings (SSSR count). The predicted octanol–water partition coefficient (Wildman–Crippen LogP) is 2.80. The maximum atomic E-state index is 12.3. The van der Waals surface area contributed by atoms with Crippen molar-refractivity contribution < 1.29 is 9.90 Å². The van der Waals surface area contributed by atoms with E-state index in [0.717, 1.165) is 10.8 Å². The fraction of sp³-hybridized carbons (Fsp3) is 0.133. The van der Waals surface area contributed by atoms with Gasteiger partial charge in [-0.25, -0.2) is 0 Å². The molecule has 1 unspecified atom stereocenters. The minimum Gasteiger partial charge on any atom is -0.377 e. The van der Waals surface area contributed by atoms with Crippen LogP contribution < -0.4 is 0 Å². The Hall–Kier alpha value is -1.93. The van der Waals surface area contributed by atoms with Gasteiger partial charge in [0, 0.05) is 17.5 Å². The van der Waals surface area contributed by atoms with E-state index in [2.05, 4.69) is 6.58 Å². The molecule has 17 heavy (non-hydrogen) atoms. The molecule has 1 atom stereocenters. The number of carbonyl (C=O) groups excluding carboxylic acids is 1. The van der Waals surface area contributed by atoms with Gasteiger partial charge in [-0.1, -0.05) is 42.5 Å². The van der Waals surface area contributed by atoms with Gasteiger partial charge in [0.25, 0.3) is 0 Å². The molecule has 0 aromatic heterocycles. The van der Waals surface area contributed by atoms with Crippen LogP contribution in [0.4, 0.5) is 0 Å². The van der Waals surface area contributed by atoms with E-state index < -0.39 is 5.60 Å². The molecular formula is C15H12O2. The molecule has 0 radical (unpaired) electrons. The highest BCUT2D eigenvalue weighted by Gasteiger charge is 2.44. The van der Waals surface area contributed by atoms with Crippen molar-refractivity contribution in [2.24, 2.45) is 0 Å². The lowest BCUT2D eigenvalue weighted by atomic mass is 9.90. The molecule has 0 saturated carbocycles. The lowest BCUT2D eigenvalue weighted by molar-refractivity contribution is 0.0347. The Balaban J connectivity index is 2.42. The summed E-state index contributed by atoms with van der Waals surface area (Å²) in [5, 5.41) is 12.4. The summed E-state index contributed by atoms with van der Waals surface area (Å²) in [6, 6.07) is 11.2. The van der Waals surface area contributed by atoms with Crippen molar-refractivity contribution in [2.75, 3.05) is 0 Å². The van der Waals surface area contributed by atoms with Gasteiger partial charge in [-0.05, 0) is 10.8 Å². The van der Waals surface area contributed by atoms with E-state index in [9.17, 15) is 9.90 Å². The molecule has 0 fully saturated rings. The molecule has 1 aliphatic carbocycles. The quantitative estimate of drug-likeness (QED) is 0.796. The Morgan fingerprint density at radius 3 is 2.65 bits per heavy atom. The maximum Gasteiger partial charge on any atom is 0.199 e. The fourth-order valence-electron chi connectivity index (χ4n) is 2.63. The molecule has 2 heteroatoms. The lowest BCUT2D eigenvalue weighted by Crippen LogP contribution is -2.30. The first-order chi connectivity index (χ1) is 8.18. The number of hydrogen-bond acceptors (Lipinski definition) is 2.